The van der Waals surface area contributed by atoms with Crippen molar-refractivity contribution < 1.29 is 8.42 Å². The Kier molecular flexibility index (Phi) is 3.74. The molecule has 0 spiro atoms. The number of thiol groups is 1. The number of sulfonamides is 1. The summed E-state index contributed by atoms with van der Waals surface area (Å²) < 4.78 is 21.8. The van der Waals surface area contributed by atoms with Crippen molar-refractivity contribution in [3.63, 3.8) is 0 Å². The SMILES string of the molecule is NS(=O)(=O)c1ccc(C=CCS)cc1. The molecule has 2 N–H and O–H groups in total. The predicted molar refractivity (Wildman–Crippen MR) is 60.7 cm³/mol. The van der Waals surface area contributed by atoms with Gasteiger partial charge < -0.3 is 0 Å². The van der Waals surface area contributed by atoms with Crippen LogP contribution in [-0.2, 0) is 10.0 Å². The molecule has 0 heterocycles. The summed E-state index contributed by atoms with van der Waals surface area (Å²) in [6.45, 7) is 0. The average Bonchev–Trinajstić information content (AvgIpc) is 2.14. The molecule has 0 aliphatic carbocycles. The van der Waals surface area contributed by atoms with Crippen LogP contribution in [0.2, 0.25) is 0 Å². The summed E-state index contributed by atoms with van der Waals surface area (Å²) >= 11 is 4.01. The van der Waals surface area contributed by atoms with Gasteiger partial charge in [0.1, 0.15) is 0 Å². The Hall–Kier alpha value is -0.780. The zero-order valence-electron chi connectivity index (χ0n) is 7.42. The molecule has 1 aromatic rings. The van der Waals surface area contributed by atoms with Crippen LogP contribution in [0.1, 0.15) is 5.56 Å². The van der Waals surface area contributed by atoms with E-state index in [1.807, 2.05) is 12.2 Å². The summed E-state index contributed by atoms with van der Waals surface area (Å²) in [6.07, 6.45) is 3.73. The fourth-order valence-corrected chi connectivity index (χ4v) is 1.58. The number of nitrogens with two attached hydrogens (primary N) is 1. The molecule has 3 nitrogen and oxygen atoms in total. The predicted octanol–water partition coefficient (Wildman–Crippen LogP) is 1.28. The number of benzene rings is 1. The van der Waals surface area contributed by atoms with E-state index in [4.69, 9.17) is 5.14 Å². The van der Waals surface area contributed by atoms with E-state index >= 15 is 0 Å². The van der Waals surface area contributed by atoms with E-state index in [-0.39, 0.29) is 4.90 Å². The molecule has 0 aliphatic heterocycles. The van der Waals surface area contributed by atoms with Crippen molar-refractivity contribution in [2.24, 2.45) is 5.14 Å². The highest BCUT2D eigenvalue weighted by atomic mass is 32.2. The Morgan fingerprint density at radius 1 is 1.29 bits per heavy atom. The molecule has 1 aromatic carbocycles. The minimum absolute atomic E-state index is 0.125. The fraction of sp³-hybridized carbons (Fsp3) is 0.111. The maximum Gasteiger partial charge on any atom is 0.238 e. The molecule has 76 valence electrons. The van der Waals surface area contributed by atoms with Gasteiger partial charge in [-0.25, -0.2) is 13.6 Å². The van der Waals surface area contributed by atoms with Crippen LogP contribution < -0.4 is 5.14 Å². The van der Waals surface area contributed by atoms with Crippen LogP contribution in [0.3, 0.4) is 0 Å². The van der Waals surface area contributed by atoms with Crippen LogP contribution in [0.25, 0.3) is 6.08 Å². The van der Waals surface area contributed by atoms with E-state index in [1.54, 1.807) is 12.1 Å². The second-order valence-corrected chi connectivity index (χ2v) is 4.63. The van der Waals surface area contributed by atoms with E-state index in [0.717, 1.165) is 5.56 Å². The highest BCUT2D eigenvalue weighted by molar-refractivity contribution is 7.89. The molecule has 0 fully saturated rings. The summed E-state index contributed by atoms with van der Waals surface area (Å²) in [5.41, 5.74) is 0.923. The highest BCUT2D eigenvalue weighted by Crippen LogP contribution is 2.09. The standard InChI is InChI=1S/C9H11NO2S2/c10-14(11,12)9-5-3-8(4-6-9)2-1-7-13/h1-6,13H,7H2,(H2,10,11,12). The zero-order valence-corrected chi connectivity index (χ0v) is 9.13. The Bertz CT molecular complexity index is 421. The number of hydrogen-bond acceptors (Lipinski definition) is 3. The van der Waals surface area contributed by atoms with Gasteiger partial charge in [0.25, 0.3) is 0 Å². The average molecular weight is 229 g/mol. The largest absolute Gasteiger partial charge is 0.238 e. The first-order valence-corrected chi connectivity index (χ1v) is 6.12. The fourth-order valence-electron chi connectivity index (χ4n) is 0.957. The molecule has 0 saturated heterocycles. The van der Waals surface area contributed by atoms with Gasteiger partial charge in [-0.2, -0.15) is 12.6 Å². The summed E-state index contributed by atoms with van der Waals surface area (Å²) in [5.74, 6) is 0.650. The number of primary sulfonamides is 1. The molecule has 0 aliphatic rings. The molecule has 0 bridgehead atoms. The Labute approximate surface area is 89.1 Å². The maximum absolute atomic E-state index is 10.9. The Balaban J connectivity index is 2.95. The first-order chi connectivity index (χ1) is 6.54. The normalized spacial score (nSPS) is 12.1. The van der Waals surface area contributed by atoms with E-state index in [0.29, 0.717) is 5.75 Å². The second-order valence-electron chi connectivity index (χ2n) is 2.70. The summed E-state index contributed by atoms with van der Waals surface area (Å²) in [5, 5.41) is 4.95. The molecule has 0 aromatic heterocycles. The van der Waals surface area contributed by atoms with Crippen LogP contribution in [0, 0.1) is 0 Å². The van der Waals surface area contributed by atoms with E-state index in [9.17, 15) is 8.42 Å². The quantitative estimate of drug-likeness (QED) is 0.767. The lowest BCUT2D eigenvalue weighted by molar-refractivity contribution is 0.598. The van der Waals surface area contributed by atoms with Crippen molar-refractivity contribution in [1.82, 2.24) is 0 Å². The first-order valence-electron chi connectivity index (χ1n) is 3.94. The van der Waals surface area contributed by atoms with Gasteiger partial charge in [0.2, 0.25) is 10.0 Å². The van der Waals surface area contributed by atoms with Gasteiger partial charge in [-0.1, -0.05) is 24.3 Å². The van der Waals surface area contributed by atoms with Crippen molar-refractivity contribution in [3.8, 4) is 0 Å². The molecule has 0 atom stereocenters. The van der Waals surface area contributed by atoms with Gasteiger partial charge in [-0.15, -0.1) is 0 Å². The van der Waals surface area contributed by atoms with Crippen molar-refractivity contribution in [1.29, 1.82) is 0 Å². The Morgan fingerprint density at radius 3 is 2.29 bits per heavy atom. The molecule has 14 heavy (non-hydrogen) atoms. The zero-order chi connectivity index (χ0) is 10.6. The third kappa shape index (κ3) is 3.17. The summed E-state index contributed by atoms with van der Waals surface area (Å²) in [7, 11) is -3.58. The van der Waals surface area contributed by atoms with Gasteiger partial charge in [-0.05, 0) is 17.7 Å². The molecular formula is C9H11NO2S2. The molecule has 0 saturated carbocycles. The molecular weight excluding hydrogens is 218 g/mol. The second kappa shape index (κ2) is 4.63. The molecule has 1 rings (SSSR count). The lowest BCUT2D eigenvalue weighted by atomic mass is 10.2. The molecule has 5 heteroatoms. The van der Waals surface area contributed by atoms with Crippen molar-refractivity contribution >= 4 is 28.7 Å². The lowest BCUT2D eigenvalue weighted by Gasteiger charge is -1.97. The van der Waals surface area contributed by atoms with Gasteiger partial charge in [0.05, 0.1) is 4.90 Å². The van der Waals surface area contributed by atoms with E-state index in [2.05, 4.69) is 12.6 Å². The smallest absolute Gasteiger partial charge is 0.225 e. The van der Waals surface area contributed by atoms with Crippen LogP contribution in [0.15, 0.2) is 35.2 Å². The lowest BCUT2D eigenvalue weighted by Crippen LogP contribution is -2.11. The topological polar surface area (TPSA) is 60.2 Å². The summed E-state index contributed by atoms with van der Waals surface area (Å²) in [6, 6.07) is 6.35. The highest BCUT2D eigenvalue weighted by Gasteiger charge is 2.05. The minimum atomic E-state index is -3.58. The van der Waals surface area contributed by atoms with Crippen molar-refractivity contribution in [3.05, 3.63) is 35.9 Å². The third-order valence-corrected chi connectivity index (χ3v) is 2.76. The molecule has 0 amide bonds. The van der Waals surface area contributed by atoms with Crippen LogP contribution in [0.4, 0.5) is 0 Å². The van der Waals surface area contributed by atoms with Crippen molar-refractivity contribution in [2.45, 2.75) is 4.90 Å². The number of rotatable bonds is 3. The van der Waals surface area contributed by atoms with Gasteiger partial charge in [0, 0.05) is 5.75 Å². The van der Waals surface area contributed by atoms with E-state index in [1.165, 1.54) is 12.1 Å². The van der Waals surface area contributed by atoms with Gasteiger partial charge in [-0.3, -0.25) is 0 Å². The third-order valence-electron chi connectivity index (χ3n) is 1.62. The first kappa shape index (κ1) is 11.3. The van der Waals surface area contributed by atoms with E-state index < -0.39 is 10.0 Å². The number of hydrogen-bond donors (Lipinski definition) is 2. The van der Waals surface area contributed by atoms with Gasteiger partial charge in [0.15, 0.2) is 0 Å². The van der Waals surface area contributed by atoms with Gasteiger partial charge >= 0.3 is 0 Å². The van der Waals surface area contributed by atoms with Crippen LogP contribution in [0.5, 0.6) is 0 Å². The monoisotopic (exact) mass is 229 g/mol. The summed E-state index contributed by atoms with van der Waals surface area (Å²) in [4.78, 5) is 0.125. The molecule has 0 radical (unpaired) electrons. The van der Waals surface area contributed by atoms with Crippen LogP contribution >= 0.6 is 12.6 Å². The van der Waals surface area contributed by atoms with Crippen LogP contribution in [-0.4, -0.2) is 14.2 Å². The Morgan fingerprint density at radius 2 is 1.86 bits per heavy atom. The molecule has 0 unspecified atom stereocenters. The minimum Gasteiger partial charge on any atom is -0.225 e. The maximum atomic E-state index is 10.9. The van der Waals surface area contributed by atoms with Crippen molar-refractivity contribution in [2.75, 3.05) is 5.75 Å².